The first-order valence-corrected chi connectivity index (χ1v) is 7.83. The minimum absolute atomic E-state index is 0.574. The quantitative estimate of drug-likeness (QED) is 0.836. The summed E-state index contributed by atoms with van der Waals surface area (Å²) < 4.78 is 5.21. The molecule has 1 heterocycles. The monoisotopic (exact) mass is 316 g/mol. The topological polar surface area (TPSA) is 24.5 Å². The molecule has 0 amide bonds. The Kier molecular flexibility index (Phi) is 6.59. The summed E-state index contributed by atoms with van der Waals surface area (Å²) in [6.45, 7) is 4.58. The molecule has 1 aromatic carbocycles. The highest BCUT2D eigenvalue weighted by Crippen LogP contribution is 2.22. The second-order valence-corrected chi connectivity index (χ2v) is 6.10. The van der Waals surface area contributed by atoms with Gasteiger partial charge in [0.15, 0.2) is 0 Å². The fourth-order valence-corrected chi connectivity index (χ4v) is 2.96. The van der Waals surface area contributed by atoms with Crippen LogP contribution in [0.25, 0.3) is 0 Å². The normalized spacial score (nSPS) is 18.9. The molecule has 1 N–H and O–H groups in total. The van der Waals surface area contributed by atoms with E-state index in [0.717, 1.165) is 48.4 Å². The number of hydrogen-bond acceptors (Lipinski definition) is 3. The van der Waals surface area contributed by atoms with Gasteiger partial charge >= 0.3 is 0 Å². The number of hydrogen-bond donors (Lipinski definition) is 1. The van der Waals surface area contributed by atoms with Crippen LogP contribution in [-0.2, 0) is 11.3 Å². The third-order valence-electron chi connectivity index (χ3n) is 3.65. The van der Waals surface area contributed by atoms with Crippen LogP contribution in [0.4, 0.5) is 0 Å². The Bertz CT molecular complexity index is 422. The van der Waals surface area contributed by atoms with Gasteiger partial charge in [-0.15, -0.1) is 0 Å². The summed E-state index contributed by atoms with van der Waals surface area (Å²) in [5.41, 5.74) is 1.08. The van der Waals surface area contributed by atoms with Gasteiger partial charge in [-0.1, -0.05) is 23.2 Å². The summed E-state index contributed by atoms with van der Waals surface area (Å²) in [4.78, 5) is 2.38. The fourth-order valence-electron chi connectivity index (χ4n) is 2.58. The lowest BCUT2D eigenvalue weighted by atomic mass is 10.1. The first-order chi connectivity index (χ1) is 9.69. The zero-order chi connectivity index (χ0) is 14.4. The SMILES string of the molecule is COCCN(Cc1cc(Cl)ccc1Cl)CC1CCCN1. The summed E-state index contributed by atoms with van der Waals surface area (Å²) in [5.74, 6) is 0. The maximum atomic E-state index is 6.26. The lowest BCUT2D eigenvalue weighted by Crippen LogP contribution is -2.38. The first kappa shape index (κ1) is 16.1. The molecule has 20 heavy (non-hydrogen) atoms. The first-order valence-electron chi connectivity index (χ1n) is 7.07. The van der Waals surface area contributed by atoms with E-state index in [-0.39, 0.29) is 0 Å². The van der Waals surface area contributed by atoms with Gasteiger partial charge in [0.05, 0.1) is 6.61 Å². The van der Waals surface area contributed by atoms with Crippen molar-refractivity contribution >= 4 is 23.2 Å². The second-order valence-electron chi connectivity index (χ2n) is 5.26. The Morgan fingerprint density at radius 2 is 2.25 bits per heavy atom. The predicted octanol–water partition coefficient (Wildman–Crippen LogP) is 3.19. The third kappa shape index (κ3) is 4.90. The summed E-state index contributed by atoms with van der Waals surface area (Å²) in [6.07, 6.45) is 2.51. The maximum absolute atomic E-state index is 6.26. The standard InChI is InChI=1S/C15H22Cl2N2O/c1-20-8-7-19(11-14-3-2-6-18-14)10-12-9-13(16)4-5-15(12)17/h4-5,9,14,18H,2-3,6-8,10-11H2,1H3. The van der Waals surface area contributed by atoms with Crippen molar-refractivity contribution in [3.63, 3.8) is 0 Å². The molecular weight excluding hydrogens is 295 g/mol. The Morgan fingerprint density at radius 1 is 1.40 bits per heavy atom. The van der Waals surface area contributed by atoms with Crippen LogP contribution in [0.3, 0.4) is 0 Å². The van der Waals surface area contributed by atoms with Crippen molar-refractivity contribution in [2.45, 2.75) is 25.4 Å². The zero-order valence-electron chi connectivity index (χ0n) is 11.9. The maximum Gasteiger partial charge on any atom is 0.0589 e. The average Bonchev–Trinajstić information content (AvgIpc) is 2.93. The number of benzene rings is 1. The number of methoxy groups -OCH3 is 1. The smallest absolute Gasteiger partial charge is 0.0589 e. The van der Waals surface area contributed by atoms with Crippen molar-refractivity contribution in [2.24, 2.45) is 0 Å². The molecule has 0 saturated carbocycles. The molecule has 0 aromatic heterocycles. The van der Waals surface area contributed by atoms with E-state index in [1.54, 1.807) is 7.11 Å². The van der Waals surface area contributed by atoms with Gasteiger partial charge in [-0.3, -0.25) is 4.90 Å². The van der Waals surface area contributed by atoms with Crippen LogP contribution in [0, 0.1) is 0 Å². The molecule has 0 radical (unpaired) electrons. The van der Waals surface area contributed by atoms with Crippen LogP contribution < -0.4 is 5.32 Å². The molecule has 3 nitrogen and oxygen atoms in total. The van der Waals surface area contributed by atoms with Crippen molar-refractivity contribution < 1.29 is 4.74 Å². The molecule has 112 valence electrons. The zero-order valence-corrected chi connectivity index (χ0v) is 13.4. The van der Waals surface area contributed by atoms with Crippen LogP contribution in [0.5, 0.6) is 0 Å². The van der Waals surface area contributed by atoms with Gasteiger partial charge in [0, 0.05) is 42.8 Å². The van der Waals surface area contributed by atoms with Gasteiger partial charge in [0.25, 0.3) is 0 Å². The van der Waals surface area contributed by atoms with Crippen molar-refractivity contribution in [3.05, 3.63) is 33.8 Å². The summed E-state index contributed by atoms with van der Waals surface area (Å²) >= 11 is 12.3. The Hall–Kier alpha value is -0.320. The Labute approximate surface area is 131 Å². The number of rotatable bonds is 7. The number of nitrogens with one attached hydrogen (secondary N) is 1. The predicted molar refractivity (Wildman–Crippen MR) is 84.6 cm³/mol. The van der Waals surface area contributed by atoms with Crippen molar-refractivity contribution in [3.8, 4) is 0 Å². The third-order valence-corrected chi connectivity index (χ3v) is 4.26. The molecule has 0 spiro atoms. The molecule has 1 aliphatic rings. The Balaban J connectivity index is 1.99. The minimum Gasteiger partial charge on any atom is -0.383 e. The highest BCUT2D eigenvalue weighted by Gasteiger charge is 2.18. The molecule has 1 unspecified atom stereocenters. The van der Waals surface area contributed by atoms with Gasteiger partial charge in [0.2, 0.25) is 0 Å². The summed E-state index contributed by atoms with van der Waals surface area (Å²) in [6, 6.07) is 6.21. The van der Waals surface area contributed by atoms with Gasteiger partial charge in [-0.2, -0.15) is 0 Å². The van der Waals surface area contributed by atoms with E-state index in [2.05, 4.69) is 10.2 Å². The second kappa shape index (κ2) is 8.20. The summed E-state index contributed by atoms with van der Waals surface area (Å²) in [5, 5.41) is 5.04. The van der Waals surface area contributed by atoms with Crippen LogP contribution in [-0.4, -0.2) is 44.3 Å². The van der Waals surface area contributed by atoms with Crippen LogP contribution in [0.1, 0.15) is 18.4 Å². The average molecular weight is 317 g/mol. The number of halogens is 2. The van der Waals surface area contributed by atoms with Gasteiger partial charge in [0.1, 0.15) is 0 Å². The van der Waals surface area contributed by atoms with Gasteiger partial charge in [-0.25, -0.2) is 0 Å². The van der Waals surface area contributed by atoms with E-state index in [4.69, 9.17) is 27.9 Å². The largest absolute Gasteiger partial charge is 0.383 e. The van der Waals surface area contributed by atoms with E-state index in [9.17, 15) is 0 Å². The van der Waals surface area contributed by atoms with Gasteiger partial charge in [-0.05, 0) is 43.1 Å². The minimum atomic E-state index is 0.574. The van der Waals surface area contributed by atoms with Crippen LogP contribution in [0.2, 0.25) is 10.0 Å². The Morgan fingerprint density at radius 3 is 2.95 bits per heavy atom. The molecule has 1 saturated heterocycles. The molecule has 0 bridgehead atoms. The molecule has 5 heteroatoms. The lowest BCUT2D eigenvalue weighted by Gasteiger charge is -2.26. The molecular formula is C15H22Cl2N2O. The lowest BCUT2D eigenvalue weighted by molar-refractivity contribution is 0.138. The fraction of sp³-hybridized carbons (Fsp3) is 0.600. The van der Waals surface area contributed by atoms with E-state index >= 15 is 0 Å². The molecule has 2 rings (SSSR count). The van der Waals surface area contributed by atoms with E-state index in [0.29, 0.717) is 6.04 Å². The molecule has 1 fully saturated rings. The van der Waals surface area contributed by atoms with Crippen LogP contribution >= 0.6 is 23.2 Å². The van der Waals surface area contributed by atoms with Crippen molar-refractivity contribution in [1.29, 1.82) is 0 Å². The molecule has 1 atom stereocenters. The van der Waals surface area contributed by atoms with Crippen molar-refractivity contribution in [2.75, 3.05) is 33.4 Å². The van der Waals surface area contributed by atoms with E-state index in [1.807, 2.05) is 18.2 Å². The van der Waals surface area contributed by atoms with Gasteiger partial charge < -0.3 is 10.1 Å². The molecule has 1 aromatic rings. The highest BCUT2D eigenvalue weighted by molar-refractivity contribution is 6.33. The van der Waals surface area contributed by atoms with E-state index < -0.39 is 0 Å². The summed E-state index contributed by atoms with van der Waals surface area (Å²) in [7, 11) is 1.73. The van der Waals surface area contributed by atoms with E-state index in [1.165, 1.54) is 12.8 Å². The number of nitrogens with zero attached hydrogens (tertiary/aromatic N) is 1. The van der Waals surface area contributed by atoms with Crippen LogP contribution in [0.15, 0.2) is 18.2 Å². The highest BCUT2D eigenvalue weighted by atomic mass is 35.5. The molecule has 0 aliphatic carbocycles. The number of ether oxygens (including phenoxy) is 1. The molecule has 1 aliphatic heterocycles. The van der Waals surface area contributed by atoms with Crippen molar-refractivity contribution in [1.82, 2.24) is 10.2 Å².